The van der Waals surface area contributed by atoms with E-state index in [1.807, 2.05) is 13.0 Å². The fraction of sp³-hybridized carbons (Fsp3) is 0.200. The Morgan fingerprint density at radius 1 is 1.36 bits per heavy atom. The van der Waals surface area contributed by atoms with Gasteiger partial charge in [0, 0.05) is 25.9 Å². The molecule has 14 heavy (non-hydrogen) atoms. The molecule has 0 bridgehead atoms. The summed E-state index contributed by atoms with van der Waals surface area (Å²) >= 11 is 5.64. The first-order valence-electron chi connectivity index (χ1n) is 4.09. The second-order valence-electron chi connectivity index (χ2n) is 3.10. The van der Waals surface area contributed by atoms with Crippen LogP contribution in [0.1, 0.15) is 17.6 Å². The van der Waals surface area contributed by atoms with Crippen molar-refractivity contribution >= 4 is 34.1 Å². The van der Waals surface area contributed by atoms with Gasteiger partial charge < -0.3 is 0 Å². The monoisotopic (exact) mass is 230 g/mol. The predicted octanol–water partition coefficient (Wildman–Crippen LogP) is 4.44. The fourth-order valence-corrected chi connectivity index (χ4v) is 2.78. The molecule has 1 aromatic heterocycles. The summed E-state index contributed by atoms with van der Waals surface area (Å²) in [5.41, 5.74) is 1.13. The molecule has 2 rings (SSSR count). The predicted molar refractivity (Wildman–Crippen MR) is 58.8 cm³/mol. The van der Waals surface area contributed by atoms with Gasteiger partial charge in [-0.2, -0.15) is 0 Å². The van der Waals surface area contributed by atoms with Crippen molar-refractivity contribution in [2.45, 2.75) is 18.2 Å². The third-order valence-corrected chi connectivity index (χ3v) is 3.94. The number of rotatable bonds is 1. The molecule has 0 nitrogen and oxygen atoms in total. The summed E-state index contributed by atoms with van der Waals surface area (Å²) in [5, 5.41) is 2.13. The largest absolute Gasteiger partial charge is 0.265 e. The minimum absolute atomic E-state index is 0.111. The van der Waals surface area contributed by atoms with Gasteiger partial charge in [0.1, 0.15) is 0 Å². The summed E-state index contributed by atoms with van der Waals surface area (Å²) < 4.78 is 25.9. The molecule has 1 aromatic carbocycles. The molecule has 4 heteroatoms. The molecule has 1 heterocycles. The van der Waals surface area contributed by atoms with Crippen LogP contribution in [0, 0.1) is 6.92 Å². The van der Waals surface area contributed by atoms with Gasteiger partial charge in [0.15, 0.2) is 0 Å². The smallest absolute Gasteiger partial charge is 0.205 e. The van der Waals surface area contributed by atoms with Crippen molar-refractivity contribution in [1.29, 1.82) is 0 Å². The molecule has 0 aliphatic heterocycles. The van der Waals surface area contributed by atoms with Crippen LogP contribution in [0.25, 0.3) is 10.1 Å². The van der Waals surface area contributed by atoms with Crippen molar-refractivity contribution in [1.82, 2.24) is 0 Å². The molecule has 0 aliphatic rings. The van der Waals surface area contributed by atoms with E-state index in [1.54, 1.807) is 6.07 Å². The number of hydrogen-bond donors (Lipinski definition) is 1. The van der Waals surface area contributed by atoms with Crippen LogP contribution in [0.5, 0.6) is 0 Å². The summed E-state index contributed by atoms with van der Waals surface area (Å²) in [7, 11) is 0. The molecule has 0 fully saturated rings. The molecule has 0 atom stereocenters. The average molecular weight is 230 g/mol. The number of fused-ring (bicyclic) bond motifs is 1. The van der Waals surface area contributed by atoms with Crippen molar-refractivity contribution in [3.63, 3.8) is 0 Å². The van der Waals surface area contributed by atoms with E-state index in [4.69, 9.17) is 0 Å². The third-order valence-electron chi connectivity index (χ3n) is 2.18. The van der Waals surface area contributed by atoms with Crippen molar-refractivity contribution in [2.75, 3.05) is 0 Å². The lowest BCUT2D eigenvalue weighted by Gasteiger charge is -2.01. The third kappa shape index (κ3) is 1.42. The number of aryl methyl sites for hydroxylation is 1. The van der Waals surface area contributed by atoms with Gasteiger partial charge in [0.05, 0.1) is 0 Å². The highest BCUT2D eigenvalue weighted by Gasteiger charge is 2.14. The van der Waals surface area contributed by atoms with Crippen molar-refractivity contribution < 1.29 is 8.78 Å². The Balaban J connectivity index is 2.77. The molecule has 0 spiro atoms. The molecule has 0 saturated carbocycles. The Bertz CT molecular complexity index is 474. The number of benzene rings is 1. The van der Waals surface area contributed by atoms with E-state index < -0.39 is 6.43 Å². The second-order valence-corrected chi connectivity index (χ2v) is 4.43. The van der Waals surface area contributed by atoms with E-state index in [0.717, 1.165) is 15.2 Å². The van der Waals surface area contributed by atoms with Gasteiger partial charge in [0.25, 0.3) is 6.43 Å². The zero-order valence-corrected chi connectivity index (χ0v) is 9.13. The van der Waals surface area contributed by atoms with Gasteiger partial charge in [-0.3, -0.25) is 0 Å². The fourth-order valence-electron chi connectivity index (χ4n) is 1.37. The molecule has 0 radical (unpaired) electrons. The maximum absolute atomic E-state index is 12.5. The Morgan fingerprint density at radius 3 is 2.71 bits per heavy atom. The van der Waals surface area contributed by atoms with E-state index in [9.17, 15) is 8.78 Å². The zero-order chi connectivity index (χ0) is 10.3. The van der Waals surface area contributed by atoms with Crippen LogP contribution in [0.15, 0.2) is 22.4 Å². The molecule has 0 N–H and O–H groups in total. The van der Waals surface area contributed by atoms with Gasteiger partial charge in [-0.15, -0.1) is 24.0 Å². The lowest BCUT2D eigenvalue weighted by atomic mass is 10.1. The maximum Gasteiger partial charge on any atom is 0.265 e. The van der Waals surface area contributed by atoms with E-state index in [2.05, 4.69) is 12.6 Å². The number of halogens is 2. The first-order valence-corrected chi connectivity index (χ1v) is 5.41. The topological polar surface area (TPSA) is 0 Å². The normalized spacial score (nSPS) is 11.5. The number of thiol groups is 1. The maximum atomic E-state index is 12.5. The minimum atomic E-state index is -2.40. The summed E-state index contributed by atoms with van der Waals surface area (Å²) in [6.07, 6.45) is -2.40. The summed E-state index contributed by atoms with van der Waals surface area (Å²) in [6, 6.07) is 3.56. The molecular weight excluding hydrogens is 222 g/mol. The Kier molecular flexibility index (Phi) is 2.49. The van der Waals surface area contributed by atoms with Crippen molar-refractivity contribution in [2.24, 2.45) is 0 Å². The number of alkyl halides is 2. The first kappa shape index (κ1) is 9.93. The van der Waals surface area contributed by atoms with E-state index in [1.165, 1.54) is 16.7 Å². The Hall–Kier alpha value is -0.610. The van der Waals surface area contributed by atoms with E-state index in [0.29, 0.717) is 5.39 Å². The molecule has 2 aromatic rings. The Morgan fingerprint density at radius 2 is 2.07 bits per heavy atom. The molecule has 0 aliphatic carbocycles. The van der Waals surface area contributed by atoms with Crippen LogP contribution in [0.4, 0.5) is 8.78 Å². The van der Waals surface area contributed by atoms with E-state index in [-0.39, 0.29) is 5.56 Å². The quantitative estimate of drug-likeness (QED) is 0.688. The second kappa shape index (κ2) is 3.51. The van der Waals surface area contributed by atoms with Crippen molar-refractivity contribution in [3.8, 4) is 0 Å². The van der Waals surface area contributed by atoms with Crippen LogP contribution in [-0.4, -0.2) is 0 Å². The molecule has 0 saturated heterocycles. The average Bonchev–Trinajstić information content (AvgIpc) is 2.55. The minimum Gasteiger partial charge on any atom is -0.205 e. The number of thiophene rings is 1. The lowest BCUT2D eigenvalue weighted by Crippen LogP contribution is -1.81. The van der Waals surface area contributed by atoms with Crippen LogP contribution >= 0.6 is 24.0 Å². The molecular formula is C10H8F2S2. The van der Waals surface area contributed by atoms with Crippen LogP contribution < -0.4 is 0 Å². The van der Waals surface area contributed by atoms with E-state index >= 15 is 0 Å². The van der Waals surface area contributed by atoms with Gasteiger partial charge in [0.2, 0.25) is 0 Å². The van der Waals surface area contributed by atoms with Gasteiger partial charge in [-0.1, -0.05) is 12.1 Å². The SMILES string of the molecule is Cc1ccc2c(C(F)F)csc2c1S. The standard InChI is InChI=1S/C10H8F2S2/c1-5-2-3-6-7(10(11)12)4-14-9(6)8(5)13/h2-4,10,13H,1H3. The molecule has 0 unspecified atom stereocenters. The number of hydrogen-bond acceptors (Lipinski definition) is 2. The molecule has 0 amide bonds. The van der Waals surface area contributed by atoms with Gasteiger partial charge >= 0.3 is 0 Å². The Labute approximate surface area is 90.0 Å². The first-order chi connectivity index (χ1) is 6.61. The van der Waals surface area contributed by atoms with Gasteiger partial charge in [-0.25, -0.2) is 8.78 Å². The highest BCUT2D eigenvalue weighted by Crippen LogP contribution is 2.37. The highest BCUT2D eigenvalue weighted by atomic mass is 32.1. The summed E-state index contributed by atoms with van der Waals surface area (Å²) in [4.78, 5) is 0.805. The van der Waals surface area contributed by atoms with Crippen molar-refractivity contribution in [3.05, 3.63) is 28.6 Å². The van der Waals surface area contributed by atoms with Crippen LogP contribution in [-0.2, 0) is 0 Å². The lowest BCUT2D eigenvalue weighted by molar-refractivity contribution is 0.153. The van der Waals surface area contributed by atoms with Crippen LogP contribution in [0.3, 0.4) is 0 Å². The summed E-state index contributed by atoms with van der Waals surface area (Å²) in [6.45, 7) is 1.92. The van der Waals surface area contributed by atoms with Gasteiger partial charge in [-0.05, 0) is 12.5 Å². The zero-order valence-electron chi connectivity index (χ0n) is 7.42. The summed E-state index contributed by atoms with van der Waals surface area (Å²) in [5.74, 6) is 0. The van der Waals surface area contributed by atoms with Crippen LogP contribution in [0.2, 0.25) is 0 Å². The molecule has 74 valence electrons. The highest BCUT2D eigenvalue weighted by molar-refractivity contribution is 7.80.